The van der Waals surface area contributed by atoms with Crippen LogP contribution in [0.2, 0.25) is 0 Å². The average molecular weight is 230 g/mol. The van der Waals surface area contributed by atoms with Gasteiger partial charge >= 0.3 is 0 Å². The van der Waals surface area contributed by atoms with Crippen molar-refractivity contribution in [3.8, 4) is 0 Å². The first-order valence-electron chi connectivity index (χ1n) is 6.05. The molecule has 4 atom stereocenters. The molecule has 4 heteroatoms. The first-order valence-corrected chi connectivity index (χ1v) is 6.05. The van der Waals surface area contributed by atoms with E-state index in [0.717, 1.165) is 25.9 Å². The highest BCUT2D eigenvalue weighted by molar-refractivity contribution is 4.87. The second-order valence-electron chi connectivity index (χ2n) is 5.65. The summed E-state index contributed by atoms with van der Waals surface area (Å²) in [7, 11) is 8.02. The highest BCUT2D eigenvalue weighted by Gasteiger charge is 2.35. The molecule has 0 amide bonds. The summed E-state index contributed by atoms with van der Waals surface area (Å²) in [6, 6.07) is 0. The lowest BCUT2D eigenvalue weighted by Crippen LogP contribution is -2.45. The van der Waals surface area contributed by atoms with Crippen molar-refractivity contribution in [2.24, 2.45) is 11.8 Å². The largest absolute Gasteiger partial charge is 0.393 e. The molecule has 96 valence electrons. The molecule has 1 fully saturated rings. The third-order valence-corrected chi connectivity index (χ3v) is 3.38. The van der Waals surface area contributed by atoms with E-state index >= 15 is 0 Å². The third-order valence-electron chi connectivity index (χ3n) is 3.38. The fraction of sp³-hybridized carbons (Fsp3) is 1.00. The van der Waals surface area contributed by atoms with Crippen LogP contribution in [0.4, 0.5) is 0 Å². The van der Waals surface area contributed by atoms with Crippen molar-refractivity contribution >= 4 is 0 Å². The zero-order valence-electron chi connectivity index (χ0n) is 10.9. The molecule has 0 aromatic heterocycles. The van der Waals surface area contributed by atoms with Crippen LogP contribution in [-0.2, 0) is 0 Å². The second kappa shape index (κ2) is 5.96. The van der Waals surface area contributed by atoms with Gasteiger partial charge in [-0.15, -0.1) is 0 Å². The Bertz CT molecular complexity index is 187. The fourth-order valence-electron chi connectivity index (χ4n) is 2.65. The van der Waals surface area contributed by atoms with E-state index in [1.54, 1.807) is 0 Å². The quantitative estimate of drug-likeness (QED) is 0.705. The molecular weight excluding hydrogens is 204 g/mol. The minimum atomic E-state index is -0.268. The van der Waals surface area contributed by atoms with Crippen LogP contribution in [0.5, 0.6) is 0 Å². The van der Waals surface area contributed by atoms with E-state index in [9.17, 15) is 10.2 Å². The smallest absolute Gasteiger partial charge is 0.0585 e. The Labute approximate surface area is 98.9 Å². The van der Waals surface area contributed by atoms with Crippen molar-refractivity contribution in [2.45, 2.75) is 25.0 Å². The number of aliphatic hydroxyl groups excluding tert-OH is 2. The summed E-state index contributed by atoms with van der Waals surface area (Å²) in [5.74, 6) is 0.423. The Hall–Kier alpha value is -0.160. The average Bonchev–Trinajstić information content (AvgIpc) is 2.11. The lowest BCUT2D eigenvalue weighted by Gasteiger charge is -2.39. The zero-order chi connectivity index (χ0) is 12.3. The predicted octanol–water partition coefficient (Wildman–Crippen LogP) is -0.142. The lowest BCUT2D eigenvalue weighted by molar-refractivity contribution is -0.0444. The van der Waals surface area contributed by atoms with Crippen LogP contribution in [0.3, 0.4) is 0 Å². The van der Waals surface area contributed by atoms with E-state index in [2.05, 4.69) is 9.80 Å². The predicted molar refractivity (Wildman–Crippen MR) is 65.3 cm³/mol. The standard InChI is InChI=1S/C12H26N2O2/c1-13(2)7-9-5-12(16)10(6-11(9)15)8-14(3)4/h9-12,15-16H,5-8H2,1-4H3/t9-,10-,11-,12-/m0/s1. The summed E-state index contributed by atoms with van der Waals surface area (Å²) in [4.78, 5) is 4.15. The van der Waals surface area contributed by atoms with Gasteiger partial charge in [0.1, 0.15) is 0 Å². The summed E-state index contributed by atoms with van der Waals surface area (Å²) >= 11 is 0. The van der Waals surface area contributed by atoms with Crippen molar-refractivity contribution in [3.63, 3.8) is 0 Å². The zero-order valence-corrected chi connectivity index (χ0v) is 10.9. The first kappa shape index (κ1) is 13.9. The number of rotatable bonds is 4. The molecule has 0 aliphatic heterocycles. The van der Waals surface area contributed by atoms with Gasteiger partial charge < -0.3 is 20.0 Å². The van der Waals surface area contributed by atoms with Crippen molar-refractivity contribution < 1.29 is 10.2 Å². The molecule has 0 aromatic rings. The Kier molecular flexibility index (Phi) is 5.18. The lowest BCUT2D eigenvalue weighted by atomic mass is 9.77. The van der Waals surface area contributed by atoms with Crippen molar-refractivity contribution in [3.05, 3.63) is 0 Å². The van der Waals surface area contributed by atoms with E-state index in [-0.39, 0.29) is 24.0 Å². The summed E-state index contributed by atoms with van der Waals surface area (Å²) < 4.78 is 0. The van der Waals surface area contributed by atoms with Gasteiger partial charge in [-0.25, -0.2) is 0 Å². The van der Waals surface area contributed by atoms with Crippen LogP contribution in [0.15, 0.2) is 0 Å². The summed E-state index contributed by atoms with van der Waals surface area (Å²) in [6.07, 6.45) is 0.905. The van der Waals surface area contributed by atoms with Gasteiger partial charge in [0.15, 0.2) is 0 Å². The molecule has 2 N–H and O–H groups in total. The molecule has 16 heavy (non-hydrogen) atoms. The van der Waals surface area contributed by atoms with Crippen molar-refractivity contribution in [1.29, 1.82) is 0 Å². The van der Waals surface area contributed by atoms with Crippen molar-refractivity contribution in [2.75, 3.05) is 41.3 Å². The number of aliphatic hydroxyl groups is 2. The molecule has 0 saturated heterocycles. The van der Waals surface area contributed by atoms with Gasteiger partial charge in [-0.1, -0.05) is 0 Å². The molecule has 4 nitrogen and oxygen atoms in total. The molecule has 1 aliphatic carbocycles. The maximum Gasteiger partial charge on any atom is 0.0585 e. The van der Waals surface area contributed by atoms with Crippen LogP contribution >= 0.6 is 0 Å². The van der Waals surface area contributed by atoms with E-state index in [0.29, 0.717) is 0 Å². The molecule has 0 spiro atoms. The van der Waals surface area contributed by atoms with Crippen LogP contribution in [-0.4, -0.2) is 73.5 Å². The van der Waals surface area contributed by atoms with Gasteiger partial charge in [0.25, 0.3) is 0 Å². The summed E-state index contributed by atoms with van der Waals surface area (Å²) in [5.41, 5.74) is 0. The minimum Gasteiger partial charge on any atom is -0.393 e. The molecule has 0 bridgehead atoms. The Balaban J connectivity index is 2.49. The highest BCUT2D eigenvalue weighted by Crippen LogP contribution is 2.30. The van der Waals surface area contributed by atoms with Gasteiger partial charge in [-0.05, 0) is 52.9 Å². The minimum absolute atomic E-state index is 0.211. The van der Waals surface area contributed by atoms with E-state index < -0.39 is 0 Å². The topological polar surface area (TPSA) is 46.9 Å². The molecule has 1 rings (SSSR count). The fourth-order valence-corrected chi connectivity index (χ4v) is 2.65. The summed E-state index contributed by atoms with van der Waals surface area (Å²) in [6.45, 7) is 1.71. The van der Waals surface area contributed by atoms with Gasteiger partial charge in [0.2, 0.25) is 0 Å². The number of hydrogen-bond donors (Lipinski definition) is 2. The van der Waals surface area contributed by atoms with E-state index in [4.69, 9.17) is 0 Å². The molecule has 0 heterocycles. The van der Waals surface area contributed by atoms with E-state index in [1.807, 2.05) is 28.2 Å². The van der Waals surface area contributed by atoms with Gasteiger partial charge in [-0.2, -0.15) is 0 Å². The monoisotopic (exact) mass is 230 g/mol. The van der Waals surface area contributed by atoms with Crippen LogP contribution in [0.1, 0.15) is 12.8 Å². The number of hydrogen-bond acceptors (Lipinski definition) is 4. The van der Waals surface area contributed by atoms with Gasteiger partial charge in [0, 0.05) is 13.1 Å². The van der Waals surface area contributed by atoms with E-state index in [1.165, 1.54) is 0 Å². The second-order valence-corrected chi connectivity index (χ2v) is 5.65. The summed E-state index contributed by atoms with van der Waals surface area (Å²) in [5, 5.41) is 20.1. The molecule has 0 aromatic carbocycles. The Morgan fingerprint density at radius 1 is 0.812 bits per heavy atom. The molecule has 0 unspecified atom stereocenters. The van der Waals surface area contributed by atoms with Gasteiger partial charge in [-0.3, -0.25) is 0 Å². The SMILES string of the molecule is CN(C)C[C@@H]1C[C@H](O)[C@H](CN(C)C)C[C@@H]1O. The van der Waals surface area contributed by atoms with Crippen LogP contribution < -0.4 is 0 Å². The maximum absolute atomic E-state index is 10.1. The van der Waals surface area contributed by atoms with Gasteiger partial charge in [0.05, 0.1) is 12.2 Å². The van der Waals surface area contributed by atoms with Crippen LogP contribution in [0, 0.1) is 11.8 Å². The van der Waals surface area contributed by atoms with Crippen LogP contribution in [0.25, 0.3) is 0 Å². The molecule has 1 saturated carbocycles. The first-order chi connectivity index (χ1) is 7.40. The van der Waals surface area contributed by atoms with Crippen molar-refractivity contribution in [1.82, 2.24) is 9.80 Å². The molecule has 0 radical (unpaired) electrons. The normalized spacial score (nSPS) is 36.0. The Morgan fingerprint density at radius 3 is 1.38 bits per heavy atom. The third kappa shape index (κ3) is 4.01. The maximum atomic E-state index is 10.1. The Morgan fingerprint density at radius 2 is 1.12 bits per heavy atom. The number of nitrogens with zero attached hydrogens (tertiary/aromatic N) is 2. The highest BCUT2D eigenvalue weighted by atomic mass is 16.3. The molecular formula is C12H26N2O2. The molecule has 1 aliphatic rings.